The maximum Gasteiger partial charge on any atom is 0.390 e. The average Bonchev–Trinajstić information content (AvgIpc) is 3.09. The lowest BCUT2D eigenvalue weighted by Gasteiger charge is -2.48. The number of nitrogens with one attached hydrogen (secondary N) is 1. The fraction of sp³-hybridized carbons (Fsp3) is 1.00. The lowest BCUT2D eigenvalue weighted by molar-refractivity contribution is -0.141. The Bertz CT molecular complexity index is 312. The highest BCUT2D eigenvalue weighted by molar-refractivity contribution is 5.04. The Balaban J connectivity index is 2.00. The number of nitrogens with zero attached hydrogens (tertiary/aromatic N) is 1. The molecule has 2 rings (SSSR count). The molecule has 5 heteroatoms. The summed E-state index contributed by atoms with van der Waals surface area (Å²) in [7, 11) is 0. The second-order valence-corrected chi connectivity index (χ2v) is 6.72. The van der Waals surface area contributed by atoms with E-state index in [-0.39, 0.29) is 18.1 Å². The van der Waals surface area contributed by atoms with Gasteiger partial charge in [0.25, 0.3) is 0 Å². The van der Waals surface area contributed by atoms with Crippen LogP contribution in [0.5, 0.6) is 0 Å². The second kappa shape index (κ2) is 5.24. The number of hydrogen-bond acceptors (Lipinski definition) is 2. The van der Waals surface area contributed by atoms with Crippen LogP contribution in [-0.2, 0) is 0 Å². The van der Waals surface area contributed by atoms with Crippen molar-refractivity contribution in [3.63, 3.8) is 0 Å². The van der Waals surface area contributed by atoms with Crippen molar-refractivity contribution < 1.29 is 13.2 Å². The molecule has 0 bridgehead atoms. The molecule has 1 N–H and O–H groups in total. The van der Waals surface area contributed by atoms with Crippen LogP contribution in [0.3, 0.4) is 0 Å². The van der Waals surface area contributed by atoms with E-state index < -0.39 is 12.6 Å². The summed E-state index contributed by atoms with van der Waals surface area (Å²) in [5, 5.41) is 3.59. The Kier molecular flexibility index (Phi) is 4.17. The van der Waals surface area contributed by atoms with Gasteiger partial charge in [0.15, 0.2) is 0 Å². The molecule has 1 saturated carbocycles. The van der Waals surface area contributed by atoms with Gasteiger partial charge < -0.3 is 5.32 Å². The smallest absolute Gasteiger partial charge is 0.308 e. The van der Waals surface area contributed by atoms with Gasteiger partial charge >= 0.3 is 6.18 Å². The number of piperazine rings is 1. The summed E-state index contributed by atoms with van der Waals surface area (Å²) < 4.78 is 37.4. The van der Waals surface area contributed by atoms with Crippen molar-refractivity contribution in [2.24, 2.45) is 11.8 Å². The molecule has 0 radical (unpaired) electrons. The maximum absolute atomic E-state index is 12.5. The third kappa shape index (κ3) is 3.85. The predicted molar refractivity (Wildman–Crippen MR) is 70.0 cm³/mol. The highest BCUT2D eigenvalue weighted by Crippen LogP contribution is 2.42. The summed E-state index contributed by atoms with van der Waals surface area (Å²) in [6, 6.07) is 0.217. The van der Waals surface area contributed by atoms with E-state index in [1.165, 1.54) is 12.8 Å². The number of rotatable bonds is 4. The molecule has 1 saturated heterocycles. The molecule has 2 unspecified atom stereocenters. The predicted octanol–water partition coefficient (Wildman–Crippen LogP) is 3.04. The Morgan fingerprint density at radius 1 is 1.32 bits per heavy atom. The first-order valence-corrected chi connectivity index (χ1v) is 7.27. The van der Waals surface area contributed by atoms with Crippen LogP contribution in [0.15, 0.2) is 0 Å². The molecular weight excluding hydrogens is 253 g/mol. The summed E-state index contributed by atoms with van der Waals surface area (Å²) in [6.07, 6.45) is -2.33. The lowest BCUT2D eigenvalue weighted by atomic mass is 9.88. The second-order valence-electron chi connectivity index (χ2n) is 6.72. The monoisotopic (exact) mass is 278 g/mol. The van der Waals surface area contributed by atoms with Gasteiger partial charge in [-0.05, 0) is 31.6 Å². The van der Waals surface area contributed by atoms with Gasteiger partial charge in [-0.3, -0.25) is 4.90 Å². The normalized spacial score (nSPS) is 33.9. The topological polar surface area (TPSA) is 15.3 Å². The number of halogens is 3. The van der Waals surface area contributed by atoms with Crippen molar-refractivity contribution in [3.8, 4) is 0 Å². The first kappa shape index (κ1) is 15.1. The highest BCUT2D eigenvalue weighted by Gasteiger charge is 2.46. The van der Waals surface area contributed by atoms with Crippen molar-refractivity contribution in [1.82, 2.24) is 10.2 Å². The zero-order valence-corrected chi connectivity index (χ0v) is 12.1. The molecule has 0 amide bonds. The van der Waals surface area contributed by atoms with E-state index in [4.69, 9.17) is 0 Å². The van der Waals surface area contributed by atoms with Crippen LogP contribution in [0, 0.1) is 11.8 Å². The van der Waals surface area contributed by atoms with Crippen LogP contribution >= 0.6 is 0 Å². The SMILES string of the molecule is CC(C)C1CNC(C)(C2CC2)CN1CCC(F)(F)F. The van der Waals surface area contributed by atoms with E-state index in [9.17, 15) is 13.2 Å². The van der Waals surface area contributed by atoms with E-state index in [0.717, 1.165) is 13.1 Å². The summed E-state index contributed by atoms with van der Waals surface area (Å²) in [5.41, 5.74) is 0.0109. The maximum atomic E-state index is 12.5. The zero-order chi connectivity index (χ0) is 14.3. The molecule has 2 fully saturated rings. The average molecular weight is 278 g/mol. The molecule has 0 aromatic carbocycles. The van der Waals surface area contributed by atoms with Crippen LogP contribution in [0.4, 0.5) is 13.2 Å². The van der Waals surface area contributed by atoms with E-state index in [0.29, 0.717) is 11.8 Å². The van der Waals surface area contributed by atoms with Gasteiger partial charge in [-0.1, -0.05) is 13.8 Å². The molecule has 1 aliphatic heterocycles. The molecule has 19 heavy (non-hydrogen) atoms. The molecule has 0 aromatic heterocycles. The van der Waals surface area contributed by atoms with E-state index >= 15 is 0 Å². The van der Waals surface area contributed by atoms with Gasteiger partial charge in [-0.15, -0.1) is 0 Å². The first-order valence-electron chi connectivity index (χ1n) is 7.27. The van der Waals surface area contributed by atoms with Crippen LogP contribution in [0.1, 0.15) is 40.0 Å². The summed E-state index contributed by atoms with van der Waals surface area (Å²) in [4.78, 5) is 2.06. The van der Waals surface area contributed by atoms with Crippen molar-refractivity contribution >= 4 is 0 Å². The molecule has 1 aliphatic carbocycles. The Labute approximate surface area is 113 Å². The standard InChI is InChI=1S/C14H25F3N2/c1-10(2)12-8-18-13(3,11-4-5-11)9-19(12)7-6-14(15,16)17/h10-12,18H,4-9H2,1-3H3. The minimum Gasteiger partial charge on any atom is -0.308 e. The van der Waals surface area contributed by atoms with Gasteiger partial charge in [0.2, 0.25) is 0 Å². The molecule has 0 aromatic rings. The third-order valence-electron chi connectivity index (χ3n) is 4.65. The van der Waals surface area contributed by atoms with Crippen molar-refractivity contribution in [1.29, 1.82) is 0 Å². The van der Waals surface area contributed by atoms with Gasteiger partial charge in [0.05, 0.1) is 6.42 Å². The first-order chi connectivity index (χ1) is 8.71. The fourth-order valence-corrected chi connectivity index (χ4v) is 3.23. The molecule has 0 spiro atoms. The summed E-state index contributed by atoms with van der Waals surface area (Å²) >= 11 is 0. The zero-order valence-electron chi connectivity index (χ0n) is 12.1. The molecular formula is C14H25F3N2. The minimum absolute atomic E-state index is 0.0109. The summed E-state index contributed by atoms with van der Waals surface area (Å²) in [6.45, 7) is 8.04. The van der Waals surface area contributed by atoms with Crippen LogP contribution in [-0.4, -0.2) is 42.3 Å². The van der Waals surface area contributed by atoms with E-state index in [1.54, 1.807) is 0 Å². The van der Waals surface area contributed by atoms with Crippen molar-refractivity contribution in [3.05, 3.63) is 0 Å². The molecule has 1 heterocycles. The summed E-state index contributed by atoms with van der Waals surface area (Å²) in [5.74, 6) is 1.03. The van der Waals surface area contributed by atoms with Gasteiger partial charge in [-0.2, -0.15) is 13.2 Å². The quantitative estimate of drug-likeness (QED) is 0.850. The van der Waals surface area contributed by atoms with Gasteiger partial charge in [0.1, 0.15) is 0 Å². The Morgan fingerprint density at radius 2 is 1.95 bits per heavy atom. The Morgan fingerprint density at radius 3 is 2.42 bits per heavy atom. The molecule has 2 atom stereocenters. The Hall–Kier alpha value is -0.290. The lowest BCUT2D eigenvalue weighted by Crippen LogP contribution is -2.65. The molecule has 2 aliphatic rings. The van der Waals surface area contributed by atoms with Crippen LogP contribution in [0.2, 0.25) is 0 Å². The van der Waals surface area contributed by atoms with Gasteiger partial charge in [0, 0.05) is 31.2 Å². The molecule has 112 valence electrons. The fourth-order valence-electron chi connectivity index (χ4n) is 3.23. The highest BCUT2D eigenvalue weighted by atomic mass is 19.4. The van der Waals surface area contributed by atoms with Crippen molar-refractivity contribution in [2.75, 3.05) is 19.6 Å². The molecule has 2 nitrogen and oxygen atoms in total. The largest absolute Gasteiger partial charge is 0.390 e. The van der Waals surface area contributed by atoms with Crippen molar-refractivity contribution in [2.45, 2.75) is 57.8 Å². The van der Waals surface area contributed by atoms with E-state index in [1.807, 2.05) is 0 Å². The van der Waals surface area contributed by atoms with Crippen LogP contribution in [0.25, 0.3) is 0 Å². The number of alkyl halides is 3. The number of hydrogen-bond donors (Lipinski definition) is 1. The third-order valence-corrected chi connectivity index (χ3v) is 4.65. The van der Waals surface area contributed by atoms with E-state index in [2.05, 4.69) is 31.0 Å². The minimum atomic E-state index is -4.05. The van der Waals surface area contributed by atoms with Crippen LogP contribution < -0.4 is 5.32 Å². The van der Waals surface area contributed by atoms with Gasteiger partial charge in [-0.25, -0.2) is 0 Å².